The number of rotatable bonds is 9. The average molecular weight is 419 g/mol. The Labute approximate surface area is 173 Å². The molecule has 0 aromatic heterocycles. The summed E-state index contributed by atoms with van der Waals surface area (Å²) in [6.45, 7) is 8.03. The van der Waals surface area contributed by atoms with Crippen molar-refractivity contribution in [3.8, 4) is 5.75 Å². The molecule has 0 fully saturated rings. The van der Waals surface area contributed by atoms with Gasteiger partial charge in [0, 0.05) is 5.69 Å². The number of carbonyl (C=O) groups is 1. The van der Waals surface area contributed by atoms with Crippen molar-refractivity contribution in [2.45, 2.75) is 46.6 Å². The van der Waals surface area contributed by atoms with Crippen LogP contribution in [0, 0.1) is 0 Å². The van der Waals surface area contributed by atoms with E-state index in [1.807, 2.05) is 39.0 Å². The van der Waals surface area contributed by atoms with E-state index in [2.05, 4.69) is 5.32 Å². The minimum atomic E-state index is -3.68. The third-order valence-electron chi connectivity index (χ3n) is 4.74. The Morgan fingerprint density at radius 3 is 2.03 bits per heavy atom. The van der Waals surface area contributed by atoms with Gasteiger partial charge in [0.2, 0.25) is 15.9 Å². The lowest BCUT2D eigenvalue weighted by Gasteiger charge is -2.29. The number of carbonyl (C=O) groups excluding carboxylic acids is 1. The van der Waals surface area contributed by atoms with Crippen molar-refractivity contribution in [1.29, 1.82) is 0 Å². The first-order chi connectivity index (χ1) is 13.7. The second kappa shape index (κ2) is 9.78. The van der Waals surface area contributed by atoms with Crippen molar-refractivity contribution in [3.63, 3.8) is 0 Å². The van der Waals surface area contributed by atoms with Crippen LogP contribution in [0.4, 0.5) is 11.4 Å². The van der Waals surface area contributed by atoms with E-state index in [0.29, 0.717) is 18.0 Å². The molecule has 0 unspecified atom stereocenters. The number of sulfonamides is 1. The van der Waals surface area contributed by atoms with Crippen LogP contribution in [0.2, 0.25) is 0 Å². The van der Waals surface area contributed by atoms with Crippen molar-refractivity contribution >= 4 is 27.3 Å². The normalized spacial score (nSPS) is 12.3. The van der Waals surface area contributed by atoms with E-state index in [1.165, 1.54) is 0 Å². The number of benzene rings is 2. The molecule has 0 aliphatic heterocycles. The molecule has 0 saturated heterocycles. The SMILES string of the molecule is CCOc1ccc(N([C@H](C)C(=O)Nc2c(CC)cccc2CC)S(C)(=O)=O)cc1. The smallest absolute Gasteiger partial charge is 0.248 e. The Bertz CT molecular complexity index is 918. The first-order valence-corrected chi connectivity index (χ1v) is 11.7. The highest BCUT2D eigenvalue weighted by molar-refractivity contribution is 7.92. The largest absolute Gasteiger partial charge is 0.494 e. The number of nitrogens with one attached hydrogen (secondary N) is 1. The fourth-order valence-electron chi connectivity index (χ4n) is 3.30. The van der Waals surface area contributed by atoms with Crippen molar-refractivity contribution in [2.24, 2.45) is 0 Å². The highest BCUT2D eigenvalue weighted by Gasteiger charge is 2.29. The van der Waals surface area contributed by atoms with Gasteiger partial charge in [0.25, 0.3) is 0 Å². The molecule has 2 aromatic carbocycles. The molecule has 0 bridgehead atoms. The number of amides is 1. The van der Waals surface area contributed by atoms with E-state index in [-0.39, 0.29) is 5.91 Å². The average Bonchev–Trinajstić information content (AvgIpc) is 2.68. The zero-order valence-corrected chi connectivity index (χ0v) is 18.5. The Morgan fingerprint density at radius 1 is 1.03 bits per heavy atom. The molecule has 7 heteroatoms. The molecule has 0 radical (unpaired) electrons. The monoisotopic (exact) mass is 418 g/mol. The molecular formula is C22H30N2O4S. The van der Waals surface area contributed by atoms with E-state index >= 15 is 0 Å². The standard InChI is InChI=1S/C22H30N2O4S/c1-6-17-10-9-11-18(7-2)21(17)23-22(25)16(4)24(29(5,26)27)19-12-14-20(15-13-19)28-8-3/h9-16H,6-8H2,1-5H3,(H,23,25)/t16-/m1/s1. The molecule has 2 aromatic rings. The van der Waals surface area contributed by atoms with Gasteiger partial charge in [-0.2, -0.15) is 0 Å². The van der Waals surface area contributed by atoms with Gasteiger partial charge in [0.05, 0.1) is 18.6 Å². The van der Waals surface area contributed by atoms with E-state index < -0.39 is 16.1 Å². The van der Waals surface area contributed by atoms with Gasteiger partial charge >= 0.3 is 0 Å². The minimum Gasteiger partial charge on any atom is -0.494 e. The molecular weight excluding hydrogens is 388 g/mol. The Balaban J connectivity index is 2.35. The summed E-state index contributed by atoms with van der Waals surface area (Å²) in [5, 5.41) is 2.97. The Morgan fingerprint density at radius 2 is 1.59 bits per heavy atom. The topological polar surface area (TPSA) is 75.7 Å². The quantitative estimate of drug-likeness (QED) is 0.668. The number of anilines is 2. The summed E-state index contributed by atoms with van der Waals surface area (Å²) in [5.41, 5.74) is 3.24. The number of ether oxygens (including phenoxy) is 1. The first-order valence-electron chi connectivity index (χ1n) is 9.86. The molecule has 158 valence electrons. The summed E-state index contributed by atoms with van der Waals surface area (Å²) in [6, 6.07) is 11.7. The minimum absolute atomic E-state index is 0.375. The number of hydrogen-bond acceptors (Lipinski definition) is 4. The third-order valence-corrected chi connectivity index (χ3v) is 5.98. The lowest BCUT2D eigenvalue weighted by molar-refractivity contribution is -0.116. The maximum Gasteiger partial charge on any atom is 0.248 e. The van der Waals surface area contributed by atoms with Crippen LogP contribution >= 0.6 is 0 Å². The van der Waals surface area contributed by atoms with E-state index in [1.54, 1.807) is 31.2 Å². The summed E-state index contributed by atoms with van der Waals surface area (Å²) in [7, 11) is -3.68. The van der Waals surface area contributed by atoms with Crippen LogP contribution in [0.15, 0.2) is 42.5 Å². The lowest BCUT2D eigenvalue weighted by Crippen LogP contribution is -2.45. The van der Waals surface area contributed by atoms with Crippen LogP contribution in [0.25, 0.3) is 0 Å². The van der Waals surface area contributed by atoms with Gasteiger partial charge < -0.3 is 10.1 Å². The molecule has 0 saturated carbocycles. The predicted molar refractivity (Wildman–Crippen MR) is 118 cm³/mol. The van der Waals surface area contributed by atoms with E-state index in [9.17, 15) is 13.2 Å². The fourth-order valence-corrected chi connectivity index (χ4v) is 4.47. The molecule has 2 rings (SSSR count). The lowest BCUT2D eigenvalue weighted by atomic mass is 10.0. The van der Waals surface area contributed by atoms with Crippen LogP contribution in [-0.4, -0.2) is 33.2 Å². The molecule has 0 spiro atoms. The molecule has 6 nitrogen and oxygen atoms in total. The maximum absolute atomic E-state index is 13.0. The van der Waals surface area contributed by atoms with Crippen LogP contribution in [0.1, 0.15) is 38.8 Å². The number of para-hydroxylation sites is 1. The van der Waals surface area contributed by atoms with Crippen molar-refractivity contribution in [1.82, 2.24) is 0 Å². The van der Waals surface area contributed by atoms with E-state index in [0.717, 1.165) is 40.2 Å². The van der Waals surface area contributed by atoms with Gasteiger partial charge in [-0.1, -0.05) is 32.0 Å². The summed E-state index contributed by atoms with van der Waals surface area (Å²) in [6.07, 6.45) is 2.64. The van der Waals surface area contributed by atoms with Crippen LogP contribution in [0.5, 0.6) is 5.75 Å². The molecule has 29 heavy (non-hydrogen) atoms. The molecule has 1 N–H and O–H groups in total. The molecule has 0 heterocycles. The molecule has 1 atom stereocenters. The van der Waals surface area contributed by atoms with E-state index in [4.69, 9.17) is 4.74 Å². The third kappa shape index (κ3) is 5.50. The van der Waals surface area contributed by atoms with Crippen LogP contribution in [0.3, 0.4) is 0 Å². The summed E-state index contributed by atoms with van der Waals surface area (Å²) in [4.78, 5) is 13.0. The van der Waals surface area contributed by atoms with Gasteiger partial charge in [-0.05, 0) is 62.1 Å². The Kier molecular flexibility index (Phi) is 7.67. The predicted octanol–water partition coefficient (Wildman–Crippen LogP) is 4.00. The zero-order chi connectivity index (χ0) is 21.6. The number of nitrogens with zero attached hydrogens (tertiary/aromatic N) is 1. The van der Waals surface area contributed by atoms with Crippen molar-refractivity contribution < 1.29 is 17.9 Å². The van der Waals surface area contributed by atoms with Gasteiger partial charge in [-0.3, -0.25) is 9.10 Å². The van der Waals surface area contributed by atoms with Gasteiger partial charge in [0.15, 0.2) is 0 Å². The van der Waals surface area contributed by atoms with Crippen molar-refractivity contribution in [3.05, 3.63) is 53.6 Å². The Hall–Kier alpha value is -2.54. The fraction of sp³-hybridized carbons (Fsp3) is 0.409. The maximum atomic E-state index is 13.0. The first kappa shape index (κ1) is 22.7. The summed E-state index contributed by atoms with van der Waals surface area (Å²) < 4.78 is 31.6. The van der Waals surface area contributed by atoms with Crippen LogP contribution in [-0.2, 0) is 27.7 Å². The second-order valence-corrected chi connectivity index (χ2v) is 8.67. The molecule has 0 aliphatic carbocycles. The van der Waals surface area contributed by atoms with Gasteiger partial charge in [-0.25, -0.2) is 8.42 Å². The number of aryl methyl sites for hydroxylation is 2. The highest BCUT2D eigenvalue weighted by Crippen LogP contribution is 2.26. The highest BCUT2D eigenvalue weighted by atomic mass is 32.2. The summed E-state index contributed by atoms with van der Waals surface area (Å²) >= 11 is 0. The summed E-state index contributed by atoms with van der Waals surface area (Å²) in [5.74, 6) is 0.270. The van der Waals surface area contributed by atoms with Gasteiger partial charge in [0.1, 0.15) is 11.8 Å². The van der Waals surface area contributed by atoms with Crippen molar-refractivity contribution in [2.75, 3.05) is 22.5 Å². The van der Waals surface area contributed by atoms with Gasteiger partial charge in [-0.15, -0.1) is 0 Å². The molecule has 0 aliphatic rings. The zero-order valence-electron chi connectivity index (χ0n) is 17.7. The molecule has 1 amide bonds. The number of hydrogen-bond donors (Lipinski definition) is 1. The van der Waals surface area contributed by atoms with Crippen LogP contribution < -0.4 is 14.4 Å². The second-order valence-electron chi connectivity index (χ2n) is 6.81.